The first-order valence-corrected chi connectivity index (χ1v) is 5.83. The molecule has 0 radical (unpaired) electrons. The van der Waals surface area contributed by atoms with Crippen LogP contribution >= 0.6 is 0 Å². The maximum atomic E-state index is 11.8. The van der Waals surface area contributed by atoms with E-state index in [1.165, 1.54) is 0 Å². The lowest BCUT2D eigenvalue weighted by Crippen LogP contribution is -2.29. The molecule has 0 spiro atoms. The minimum atomic E-state index is -1.00. The summed E-state index contributed by atoms with van der Waals surface area (Å²) in [5, 5.41) is 8.64. The van der Waals surface area contributed by atoms with Gasteiger partial charge < -0.3 is 9.84 Å². The largest absolute Gasteiger partial charge is 0.481 e. The molecule has 0 saturated heterocycles. The molecular weight excluding hydrogens is 232 g/mol. The normalized spacial score (nSPS) is 12.8. The van der Waals surface area contributed by atoms with Crippen LogP contribution in [0.4, 0.5) is 0 Å². The molecule has 1 N–H and O–H groups in total. The zero-order chi connectivity index (χ0) is 13.8. The summed E-state index contributed by atoms with van der Waals surface area (Å²) in [7, 11) is 0. The Morgan fingerprint density at radius 2 is 1.83 bits per heavy atom. The van der Waals surface area contributed by atoms with Gasteiger partial charge in [-0.15, -0.1) is 0 Å². The molecule has 1 aromatic rings. The van der Waals surface area contributed by atoms with Crippen molar-refractivity contribution in [2.75, 3.05) is 0 Å². The van der Waals surface area contributed by atoms with Gasteiger partial charge >= 0.3 is 11.9 Å². The lowest BCUT2D eigenvalue weighted by atomic mass is 9.97. The smallest absolute Gasteiger partial charge is 0.310 e. The van der Waals surface area contributed by atoms with Crippen molar-refractivity contribution in [3.63, 3.8) is 0 Å². The van der Waals surface area contributed by atoms with Gasteiger partial charge in [-0.25, -0.2) is 0 Å². The summed E-state index contributed by atoms with van der Waals surface area (Å²) in [6, 6.07) is 9.36. The van der Waals surface area contributed by atoms with E-state index >= 15 is 0 Å². The highest BCUT2D eigenvalue weighted by Gasteiger charge is 2.28. The fourth-order valence-electron chi connectivity index (χ4n) is 1.60. The molecule has 98 valence electrons. The van der Waals surface area contributed by atoms with Crippen LogP contribution in [0.15, 0.2) is 30.3 Å². The van der Waals surface area contributed by atoms with Crippen LogP contribution in [-0.2, 0) is 19.9 Å². The molecule has 0 bridgehead atoms. The van der Waals surface area contributed by atoms with Gasteiger partial charge in [0.25, 0.3) is 0 Å². The first kappa shape index (κ1) is 14.2. The van der Waals surface area contributed by atoms with E-state index in [0.717, 1.165) is 5.56 Å². The van der Waals surface area contributed by atoms with E-state index in [2.05, 4.69) is 0 Å². The number of rotatable bonds is 5. The number of hydrogen-bond acceptors (Lipinski definition) is 3. The second-order valence-electron chi connectivity index (χ2n) is 4.80. The molecule has 0 fully saturated rings. The van der Waals surface area contributed by atoms with Crippen LogP contribution in [0.5, 0.6) is 0 Å². The Balaban J connectivity index is 2.71. The van der Waals surface area contributed by atoms with Crippen LogP contribution in [0.1, 0.15) is 32.8 Å². The number of carboxylic acids is 1. The van der Waals surface area contributed by atoms with Crippen molar-refractivity contribution in [3.8, 4) is 0 Å². The number of benzene rings is 1. The van der Waals surface area contributed by atoms with Crippen LogP contribution in [0.25, 0.3) is 0 Å². The zero-order valence-corrected chi connectivity index (χ0v) is 10.8. The lowest BCUT2D eigenvalue weighted by Gasteiger charge is -2.27. The lowest BCUT2D eigenvalue weighted by molar-refractivity contribution is -0.164. The summed E-state index contributed by atoms with van der Waals surface area (Å²) in [4.78, 5) is 22.3. The molecule has 1 rings (SSSR count). The van der Waals surface area contributed by atoms with E-state index in [1.54, 1.807) is 20.8 Å². The Morgan fingerprint density at radius 3 is 2.33 bits per heavy atom. The summed E-state index contributed by atoms with van der Waals surface area (Å²) in [6.07, 6.45) is -0.219. The SMILES string of the molecule is C[C@@H](CC(=O)O)C(=O)OC(C)(C)c1ccccc1. The van der Waals surface area contributed by atoms with Crippen molar-refractivity contribution in [3.05, 3.63) is 35.9 Å². The topological polar surface area (TPSA) is 63.6 Å². The van der Waals surface area contributed by atoms with Gasteiger partial charge in [-0.2, -0.15) is 0 Å². The Kier molecular flexibility index (Phi) is 4.48. The molecule has 0 saturated carbocycles. The first-order valence-electron chi connectivity index (χ1n) is 5.83. The Morgan fingerprint density at radius 1 is 1.28 bits per heavy atom. The van der Waals surface area contributed by atoms with Gasteiger partial charge in [0, 0.05) is 0 Å². The molecule has 0 amide bonds. The molecule has 4 nitrogen and oxygen atoms in total. The average molecular weight is 250 g/mol. The maximum absolute atomic E-state index is 11.8. The van der Waals surface area contributed by atoms with Gasteiger partial charge in [0.15, 0.2) is 0 Å². The minimum Gasteiger partial charge on any atom is -0.481 e. The zero-order valence-electron chi connectivity index (χ0n) is 10.8. The number of ether oxygens (including phenoxy) is 1. The molecule has 0 aromatic heterocycles. The summed E-state index contributed by atoms with van der Waals surface area (Å²) < 4.78 is 5.38. The third kappa shape index (κ3) is 3.87. The van der Waals surface area contributed by atoms with Crippen molar-refractivity contribution in [2.45, 2.75) is 32.8 Å². The molecule has 1 aromatic carbocycles. The first-order chi connectivity index (χ1) is 8.33. The van der Waals surface area contributed by atoms with E-state index in [1.807, 2.05) is 30.3 Å². The average Bonchev–Trinajstić information content (AvgIpc) is 2.28. The summed E-state index contributed by atoms with van der Waals surface area (Å²) in [5.41, 5.74) is 0.117. The van der Waals surface area contributed by atoms with Gasteiger partial charge in [-0.1, -0.05) is 37.3 Å². The van der Waals surface area contributed by atoms with Crippen molar-refractivity contribution in [1.82, 2.24) is 0 Å². The highest BCUT2D eigenvalue weighted by Crippen LogP contribution is 2.26. The number of carbonyl (C=O) groups excluding carboxylic acids is 1. The standard InChI is InChI=1S/C14H18O4/c1-10(9-12(15)16)13(17)18-14(2,3)11-7-5-4-6-8-11/h4-8,10H,9H2,1-3H3,(H,15,16)/t10-/m0/s1. The number of aliphatic carboxylic acids is 1. The number of esters is 1. The molecule has 0 aliphatic carbocycles. The Bertz CT molecular complexity index is 423. The van der Waals surface area contributed by atoms with Crippen molar-refractivity contribution in [2.24, 2.45) is 5.92 Å². The van der Waals surface area contributed by atoms with Gasteiger partial charge in [0.2, 0.25) is 0 Å². The predicted molar refractivity (Wildman–Crippen MR) is 67.0 cm³/mol. The maximum Gasteiger partial charge on any atom is 0.310 e. The predicted octanol–water partition coefficient (Wildman–Crippen LogP) is 2.58. The molecule has 0 unspecified atom stereocenters. The van der Waals surface area contributed by atoms with Crippen LogP contribution in [0, 0.1) is 5.92 Å². The Labute approximate surface area is 107 Å². The molecule has 0 heterocycles. The van der Waals surface area contributed by atoms with Crippen molar-refractivity contribution >= 4 is 11.9 Å². The molecule has 0 aliphatic rings. The van der Waals surface area contributed by atoms with Crippen LogP contribution < -0.4 is 0 Å². The Hall–Kier alpha value is -1.84. The molecule has 4 heteroatoms. The number of carbonyl (C=O) groups is 2. The summed E-state index contributed by atoms with van der Waals surface area (Å²) in [5.74, 6) is -2.14. The number of hydrogen-bond donors (Lipinski definition) is 1. The van der Waals surface area contributed by atoms with Crippen molar-refractivity contribution < 1.29 is 19.4 Å². The van der Waals surface area contributed by atoms with E-state index in [4.69, 9.17) is 9.84 Å². The van der Waals surface area contributed by atoms with Crippen LogP contribution in [0.3, 0.4) is 0 Å². The highest BCUT2D eigenvalue weighted by atomic mass is 16.6. The second kappa shape index (κ2) is 5.67. The quantitative estimate of drug-likeness (QED) is 0.816. The third-order valence-corrected chi connectivity index (χ3v) is 2.71. The highest BCUT2D eigenvalue weighted by molar-refractivity contribution is 5.79. The van der Waals surface area contributed by atoms with Crippen LogP contribution in [0.2, 0.25) is 0 Å². The molecule has 18 heavy (non-hydrogen) atoms. The summed E-state index contributed by atoms with van der Waals surface area (Å²) >= 11 is 0. The van der Waals surface area contributed by atoms with E-state index < -0.39 is 23.5 Å². The number of carboxylic acid groups (broad SMARTS) is 1. The van der Waals surface area contributed by atoms with E-state index in [0.29, 0.717) is 0 Å². The molecule has 0 aliphatic heterocycles. The van der Waals surface area contributed by atoms with E-state index in [9.17, 15) is 9.59 Å². The van der Waals surface area contributed by atoms with Crippen molar-refractivity contribution in [1.29, 1.82) is 0 Å². The fraction of sp³-hybridized carbons (Fsp3) is 0.429. The minimum absolute atomic E-state index is 0.219. The van der Waals surface area contributed by atoms with E-state index in [-0.39, 0.29) is 6.42 Å². The molecular formula is C14H18O4. The van der Waals surface area contributed by atoms with Crippen LogP contribution in [-0.4, -0.2) is 17.0 Å². The van der Waals surface area contributed by atoms with Gasteiger partial charge in [-0.05, 0) is 19.4 Å². The summed E-state index contributed by atoms with van der Waals surface area (Å²) in [6.45, 7) is 5.12. The van der Waals surface area contributed by atoms with Gasteiger partial charge in [0.05, 0.1) is 12.3 Å². The second-order valence-corrected chi connectivity index (χ2v) is 4.80. The van der Waals surface area contributed by atoms with Gasteiger partial charge in [0.1, 0.15) is 5.60 Å². The fourth-order valence-corrected chi connectivity index (χ4v) is 1.60. The van der Waals surface area contributed by atoms with Gasteiger partial charge in [-0.3, -0.25) is 9.59 Å². The molecule has 1 atom stereocenters. The monoisotopic (exact) mass is 250 g/mol. The third-order valence-electron chi connectivity index (χ3n) is 2.71.